The third-order valence-corrected chi connectivity index (χ3v) is 4.25. The highest BCUT2D eigenvalue weighted by Crippen LogP contribution is 2.28. The van der Waals surface area contributed by atoms with E-state index in [-0.39, 0.29) is 16.9 Å². The van der Waals surface area contributed by atoms with Gasteiger partial charge in [0.1, 0.15) is 12.7 Å². The molecule has 0 amide bonds. The van der Waals surface area contributed by atoms with Crippen molar-refractivity contribution in [1.29, 1.82) is 0 Å². The second-order valence-corrected chi connectivity index (χ2v) is 6.04. The van der Waals surface area contributed by atoms with E-state index >= 15 is 0 Å². The Morgan fingerprint density at radius 3 is 2.54 bits per heavy atom. The molecule has 7 nitrogen and oxygen atoms in total. The van der Waals surface area contributed by atoms with Crippen LogP contribution in [0, 0.1) is 0 Å². The molecule has 2 aromatic heterocycles. The average Bonchev–Trinajstić information content (AvgIpc) is 3.36. The fourth-order valence-corrected chi connectivity index (χ4v) is 2.93. The van der Waals surface area contributed by atoms with Crippen molar-refractivity contribution in [2.75, 3.05) is 0 Å². The molecule has 142 valence electrons. The number of para-hydroxylation sites is 2. The fraction of sp³-hybridized carbons (Fsp3) is 0.158. The summed E-state index contributed by atoms with van der Waals surface area (Å²) in [5, 5.41) is 4.00. The highest BCUT2D eigenvalue weighted by atomic mass is 19.3. The number of halogens is 2. The van der Waals surface area contributed by atoms with Gasteiger partial charge < -0.3 is 4.74 Å². The van der Waals surface area contributed by atoms with Crippen LogP contribution in [-0.2, 0) is 4.74 Å². The molecule has 4 aromatic rings. The Balaban J connectivity index is 1.56. The van der Waals surface area contributed by atoms with Crippen LogP contribution in [0.1, 0.15) is 35.8 Å². The smallest absolute Gasteiger partial charge is 0.338 e. The van der Waals surface area contributed by atoms with Crippen molar-refractivity contribution in [2.45, 2.75) is 19.6 Å². The number of nitrogens with zero attached hydrogens (tertiary/aromatic N) is 5. The minimum Gasteiger partial charge on any atom is -0.451 e. The molecule has 0 fully saturated rings. The highest BCUT2D eigenvalue weighted by Gasteiger charge is 2.24. The Hall–Kier alpha value is -3.62. The zero-order valence-corrected chi connectivity index (χ0v) is 14.7. The van der Waals surface area contributed by atoms with E-state index in [1.165, 1.54) is 19.6 Å². The van der Waals surface area contributed by atoms with Crippen molar-refractivity contribution in [2.24, 2.45) is 0 Å². The predicted molar refractivity (Wildman–Crippen MR) is 96.2 cm³/mol. The number of imidazole rings is 1. The van der Waals surface area contributed by atoms with Crippen LogP contribution in [0.5, 0.6) is 0 Å². The Bertz CT molecular complexity index is 1110. The van der Waals surface area contributed by atoms with Gasteiger partial charge in [-0.25, -0.2) is 19.4 Å². The highest BCUT2D eigenvalue weighted by molar-refractivity contribution is 5.89. The Morgan fingerprint density at radius 1 is 1.11 bits per heavy atom. The van der Waals surface area contributed by atoms with Gasteiger partial charge in [0, 0.05) is 0 Å². The molecule has 28 heavy (non-hydrogen) atoms. The summed E-state index contributed by atoms with van der Waals surface area (Å²) in [6.45, 7) is -1.28. The van der Waals surface area contributed by atoms with Crippen molar-refractivity contribution in [1.82, 2.24) is 24.3 Å². The SMILES string of the molecule is C[C@H](OC(=O)c1ccc(-n2cncn2)cc1)c1nc2ccccc2n1C(F)F. The number of esters is 1. The minimum absolute atomic E-state index is 0.0104. The van der Waals surface area contributed by atoms with Crippen LogP contribution in [0.2, 0.25) is 0 Å². The molecule has 0 aliphatic carbocycles. The van der Waals surface area contributed by atoms with E-state index in [0.29, 0.717) is 5.52 Å². The lowest BCUT2D eigenvalue weighted by Crippen LogP contribution is -2.14. The van der Waals surface area contributed by atoms with E-state index in [1.54, 1.807) is 53.2 Å². The van der Waals surface area contributed by atoms with Gasteiger partial charge in [0.15, 0.2) is 11.9 Å². The summed E-state index contributed by atoms with van der Waals surface area (Å²) >= 11 is 0. The average molecular weight is 383 g/mol. The van der Waals surface area contributed by atoms with Gasteiger partial charge in [-0.3, -0.25) is 4.57 Å². The Kier molecular flexibility index (Phi) is 4.56. The molecule has 0 spiro atoms. The molecule has 0 radical (unpaired) electrons. The van der Waals surface area contributed by atoms with Gasteiger partial charge in [0.05, 0.1) is 22.3 Å². The molecule has 0 saturated heterocycles. The Morgan fingerprint density at radius 2 is 1.86 bits per heavy atom. The van der Waals surface area contributed by atoms with E-state index in [1.807, 2.05) is 0 Å². The number of carbonyl (C=O) groups is 1. The van der Waals surface area contributed by atoms with Crippen LogP contribution < -0.4 is 0 Å². The number of aromatic nitrogens is 5. The minimum atomic E-state index is -2.80. The number of carbonyl (C=O) groups excluding carboxylic acids is 1. The third-order valence-electron chi connectivity index (χ3n) is 4.25. The summed E-state index contributed by atoms with van der Waals surface area (Å²) < 4.78 is 34.8. The lowest BCUT2D eigenvalue weighted by Gasteiger charge is -2.15. The molecule has 0 saturated carbocycles. The number of ether oxygens (including phenoxy) is 1. The van der Waals surface area contributed by atoms with Gasteiger partial charge in [0.2, 0.25) is 0 Å². The number of hydrogen-bond acceptors (Lipinski definition) is 5. The number of alkyl halides is 2. The van der Waals surface area contributed by atoms with Crippen LogP contribution in [0.15, 0.2) is 61.2 Å². The summed E-state index contributed by atoms with van der Waals surface area (Å²) in [6, 6.07) is 13.1. The molecule has 9 heteroatoms. The molecule has 2 heterocycles. The maximum atomic E-state index is 13.6. The van der Waals surface area contributed by atoms with Crippen molar-refractivity contribution < 1.29 is 18.3 Å². The first kappa shape index (κ1) is 17.8. The lowest BCUT2D eigenvalue weighted by molar-refractivity contribution is 0.0233. The summed E-state index contributed by atoms with van der Waals surface area (Å²) in [5.41, 5.74) is 1.71. The second kappa shape index (κ2) is 7.18. The maximum Gasteiger partial charge on any atom is 0.338 e. The number of benzene rings is 2. The fourth-order valence-electron chi connectivity index (χ4n) is 2.93. The summed E-state index contributed by atoms with van der Waals surface area (Å²) in [7, 11) is 0. The molecular formula is C19H15F2N5O2. The molecule has 0 unspecified atom stereocenters. The molecule has 0 N–H and O–H groups in total. The third kappa shape index (κ3) is 3.22. The summed E-state index contributed by atoms with van der Waals surface area (Å²) in [6.07, 6.45) is 1.98. The van der Waals surface area contributed by atoms with E-state index in [2.05, 4.69) is 15.1 Å². The molecule has 0 aliphatic rings. The van der Waals surface area contributed by atoms with Crippen molar-refractivity contribution in [3.05, 3.63) is 72.6 Å². The lowest BCUT2D eigenvalue weighted by atomic mass is 10.2. The number of rotatable bonds is 5. The summed E-state index contributed by atoms with van der Waals surface area (Å²) in [4.78, 5) is 20.5. The molecular weight excluding hydrogens is 368 g/mol. The van der Waals surface area contributed by atoms with Gasteiger partial charge in [-0.1, -0.05) is 12.1 Å². The first-order chi connectivity index (χ1) is 13.5. The van der Waals surface area contributed by atoms with E-state index in [9.17, 15) is 13.6 Å². The number of hydrogen-bond donors (Lipinski definition) is 0. The molecule has 2 aromatic carbocycles. The van der Waals surface area contributed by atoms with Gasteiger partial charge in [-0.05, 0) is 43.3 Å². The van der Waals surface area contributed by atoms with Crippen LogP contribution in [0.3, 0.4) is 0 Å². The van der Waals surface area contributed by atoms with Crippen molar-refractivity contribution in [3.8, 4) is 5.69 Å². The largest absolute Gasteiger partial charge is 0.451 e. The van der Waals surface area contributed by atoms with Crippen molar-refractivity contribution >= 4 is 17.0 Å². The van der Waals surface area contributed by atoms with Crippen LogP contribution in [0.4, 0.5) is 8.78 Å². The van der Waals surface area contributed by atoms with E-state index in [4.69, 9.17) is 4.74 Å². The van der Waals surface area contributed by atoms with Gasteiger partial charge >= 0.3 is 12.5 Å². The zero-order chi connectivity index (χ0) is 19.7. The Labute approximate surface area is 158 Å². The maximum absolute atomic E-state index is 13.6. The normalized spacial score (nSPS) is 12.4. The standard InChI is InChI=1S/C19H15F2N5O2/c1-12(17-24-15-4-2-3-5-16(15)26(17)19(20)21)28-18(27)13-6-8-14(9-7-13)25-11-22-10-23-25/h2-12,19H,1H3/t12-/m0/s1. The van der Waals surface area contributed by atoms with Crippen molar-refractivity contribution in [3.63, 3.8) is 0 Å². The predicted octanol–water partition coefficient (Wildman–Crippen LogP) is 3.93. The quantitative estimate of drug-likeness (QED) is 0.488. The molecule has 0 aliphatic heterocycles. The summed E-state index contributed by atoms with van der Waals surface area (Å²) in [5.74, 6) is -0.644. The zero-order valence-electron chi connectivity index (χ0n) is 14.7. The van der Waals surface area contributed by atoms with E-state index < -0.39 is 18.6 Å². The van der Waals surface area contributed by atoms with E-state index in [0.717, 1.165) is 10.3 Å². The molecule has 4 rings (SSSR count). The molecule has 0 bridgehead atoms. The van der Waals surface area contributed by atoms with Gasteiger partial charge in [-0.2, -0.15) is 13.9 Å². The number of fused-ring (bicyclic) bond motifs is 1. The first-order valence-corrected chi connectivity index (χ1v) is 8.45. The molecule has 1 atom stereocenters. The second-order valence-electron chi connectivity index (χ2n) is 6.04. The van der Waals surface area contributed by atoms with Gasteiger partial charge in [0.25, 0.3) is 0 Å². The van der Waals surface area contributed by atoms with Crippen LogP contribution in [0.25, 0.3) is 16.7 Å². The van der Waals surface area contributed by atoms with Crippen LogP contribution in [-0.4, -0.2) is 30.3 Å². The van der Waals surface area contributed by atoms with Gasteiger partial charge in [-0.15, -0.1) is 0 Å². The first-order valence-electron chi connectivity index (χ1n) is 8.45. The topological polar surface area (TPSA) is 74.8 Å². The van der Waals surface area contributed by atoms with Crippen LogP contribution >= 0.6 is 0 Å². The monoisotopic (exact) mass is 383 g/mol.